The van der Waals surface area contributed by atoms with E-state index in [1.807, 2.05) is 44.2 Å². The summed E-state index contributed by atoms with van der Waals surface area (Å²) >= 11 is 0. The zero-order chi connectivity index (χ0) is 23.3. The van der Waals surface area contributed by atoms with Gasteiger partial charge in [0.2, 0.25) is 5.76 Å². The van der Waals surface area contributed by atoms with E-state index < -0.39 is 11.4 Å². The minimum Gasteiger partial charge on any atom is -0.450 e. The minimum atomic E-state index is -1.54. The van der Waals surface area contributed by atoms with Crippen LogP contribution in [0.5, 0.6) is 0 Å². The number of benzene rings is 2. The van der Waals surface area contributed by atoms with Gasteiger partial charge in [0.15, 0.2) is 11.0 Å². The van der Waals surface area contributed by atoms with Gasteiger partial charge in [0, 0.05) is 32.4 Å². The third-order valence-corrected chi connectivity index (χ3v) is 6.57. The molecular formula is C26H26N2O5. The number of carbonyl (C=O) groups is 2. The molecule has 0 bridgehead atoms. The molecule has 1 atom stereocenters. The van der Waals surface area contributed by atoms with Crippen LogP contribution in [0.4, 0.5) is 5.69 Å². The zero-order valence-corrected chi connectivity index (χ0v) is 19.0. The molecular weight excluding hydrogens is 420 g/mol. The highest BCUT2D eigenvalue weighted by Crippen LogP contribution is 2.52. The number of aryl methyl sites for hydroxylation is 1. The summed E-state index contributed by atoms with van der Waals surface area (Å²) in [4.78, 5) is 45.1. The largest absolute Gasteiger partial charge is 0.450 e. The Hall–Kier alpha value is -3.45. The van der Waals surface area contributed by atoms with Crippen molar-refractivity contribution in [1.82, 2.24) is 4.90 Å². The smallest absolute Gasteiger partial charge is 0.291 e. The average molecular weight is 447 g/mol. The van der Waals surface area contributed by atoms with Crippen LogP contribution in [0.3, 0.4) is 0 Å². The highest BCUT2D eigenvalue weighted by atomic mass is 16.5. The van der Waals surface area contributed by atoms with Crippen molar-refractivity contribution in [1.29, 1.82) is 0 Å². The summed E-state index contributed by atoms with van der Waals surface area (Å²) < 4.78 is 11.2. The third kappa shape index (κ3) is 2.82. The van der Waals surface area contributed by atoms with Gasteiger partial charge >= 0.3 is 0 Å². The van der Waals surface area contributed by atoms with Gasteiger partial charge < -0.3 is 19.0 Å². The second kappa shape index (κ2) is 7.85. The highest BCUT2D eigenvalue weighted by Gasteiger charge is 2.64. The molecule has 2 aliphatic heterocycles. The van der Waals surface area contributed by atoms with Gasteiger partial charge in [-0.15, -0.1) is 0 Å². The van der Waals surface area contributed by atoms with Crippen LogP contribution < -0.4 is 10.3 Å². The first kappa shape index (κ1) is 21.4. The molecule has 0 unspecified atom stereocenters. The van der Waals surface area contributed by atoms with E-state index in [0.29, 0.717) is 36.1 Å². The second-order valence-corrected chi connectivity index (χ2v) is 8.62. The maximum Gasteiger partial charge on any atom is 0.291 e. The zero-order valence-electron chi connectivity index (χ0n) is 19.0. The van der Waals surface area contributed by atoms with Crippen LogP contribution in [0.15, 0.2) is 51.7 Å². The van der Waals surface area contributed by atoms with Gasteiger partial charge in [-0.2, -0.15) is 0 Å². The van der Waals surface area contributed by atoms with Crippen molar-refractivity contribution in [3.63, 3.8) is 0 Å². The number of carbonyl (C=O) groups excluding carboxylic acids is 2. The number of hydrogen-bond acceptors (Lipinski definition) is 5. The molecule has 0 fully saturated rings. The topological polar surface area (TPSA) is 80.1 Å². The molecule has 0 aliphatic carbocycles. The number of rotatable bonds is 6. The van der Waals surface area contributed by atoms with E-state index in [9.17, 15) is 14.4 Å². The van der Waals surface area contributed by atoms with E-state index in [4.69, 9.17) is 9.15 Å². The van der Waals surface area contributed by atoms with Crippen LogP contribution in [-0.2, 0) is 15.1 Å². The van der Waals surface area contributed by atoms with Crippen LogP contribution in [0.2, 0.25) is 0 Å². The molecule has 0 saturated heterocycles. The predicted molar refractivity (Wildman–Crippen MR) is 125 cm³/mol. The van der Waals surface area contributed by atoms with Gasteiger partial charge in [-0.25, -0.2) is 0 Å². The molecule has 1 spiro atoms. The van der Waals surface area contributed by atoms with Crippen molar-refractivity contribution in [2.45, 2.75) is 32.2 Å². The fourth-order valence-electron chi connectivity index (χ4n) is 5.22. The lowest BCUT2D eigenvalue weighted by Gasteiger charge is -2.34. The molecule has 7 nitrogen and oxygen atoms in total. The van der Waals surface area contributed by atoms with Gasteiger partial charge in [-0.05, 0) is 38.0 Å². The Morgan fingerprint density at radius 1 is 1.06 bits per heavy atom. The van der Waals surface area contributed by atoms with Gasteiger partial charge in [0.25, 0.3) is 11.8 Å². The van der Waals surface area contributed by atoms with Crippen LogP contribution in [0, 0.1) is 6.92 Å². The quantitative estimate of drug-likeness (QED) is 0.541. The fourth-order valence-corrected chi connectivity index (χ4v) is 5.22. The lowest BCUT2D eigenvalue weighted by molar-refractivity contribution is -0.126. The standard InChI is InChI=1S/C26H26N2O5/c1-4-12-27-19-9-6-5-8-18(19)26(25(27)31)21-22(29)17-15-16(2)10-11-20(17)33-23(21)24(30)28(26)13-7-14-32-3/h5-6,8-11,15H,4,7,12-14H2,1-3H3/t26-/m0/s1. The molecule has 1 aromatic heterocycles. The van der Waals surface area contributed by atoms with E-state index in [1.54, 1.807) is 24.1 Å². The Kier molecular flexibility index (Phi) is 5.09. The number of amides is 2. The number of nitrogens with zero attached hydrogens (tertiary/aromatic N) is 2. The molecule has 170 valence electrons. The molecule has 0 saturated carbocycles. The normalized spacial score (nSPS) is 19.1. The lowest BCUT2D eigenvalue weighted by atomic mass is 9.84. The van der Waals surface area contributed by atoms with E-state index in [1.165, 1.54) is 4.90 Å². The molecule has 3 heterocycles. The monoisotopic (exact) mass is 446 g/mol. The van der Waals surface area contributed by atoms with E-state index in [0.717, 1.165) is 17.7 Å². The van der Waals surface area contributed by atoms with E-state index in [2.05, 4.69) is 0 Å². The molecule has 0 N–H and O–H groups in total. The summed E-state index contributed by atoms with van der Waals surface area (Å²) in [6.45, 7) is 5.06. The molecule has 7 heteroatoms. The lowest BCUT2D eigenvalue weighted by Crippen LogP contribution is -2.53. The summed E-state index contributed by atoms with van der Waals surface area (Å²) in [5, 5.41) is 0.374. The van der Waals surface area contributed by atoms with Crippen LogP contribution >= 0.6 is 0 Å². The van der Waals surface area contributed by atoms with E-state index >= 15 is 0 Å². The molecule has 0 radical (unpaired) electrons. The number of methoxy groups -OCH3 is 1. The summed E-state index contributed by atoms with van der Waals surface area (Å²) in [7, 11) is 1.59. The SMILES string of the molecule is CCCN1C(=O)[C@]2(c3ccccc31)c1c(oc3ccc(C)cc3c1=O)C(=O)N2CCCOC. The number of hydrogen-bond donors (Lipinski definition) is 0. The van der Waals surface area contributed by atoms with Crippen molar-refractivity contribution in [3.8, 4) is 0 Å². The predicted octanol–water partition coefficient (Wildman–Crippen LogP) is 3.59. The number of para-hydroxylation sites is 1. The fraction of sp³-hybridized carbons (Fsp3) is 0.346. The van der Waals surface area contributed by atoms with Crippen molar-refractivity contribution in [3.05, 3.63) is 75.1 Å². The maximum atomic E-state index is 14.2. The average Bonchev–Trinajstić information content (AvgIpc) is 3.20. The van der Waals surface area contributed by atoms with Crippen molar-refractivity contribution < 1.29 is 18.7 Å². The number of fused-ring (bicyclic) bond motifs is 5. The first-order valence-corrected chi connectivity index (χ1v) is 11.3. The van der Waals surface area contributed by atoms with Crippen molar-refractivity contribution >= 4 is 28.5 Å². The van der Waals surface area contributed by atoms with Crippen LogP contribution in [0.1, 0.15) is 47.0 Å². The van der Waals surface area contributed by atoms with Crippen LogP contribution in [0.25, 0.3) is 11.0 Å². The number of ether oxygens (including phenoxy) is 1. The maximum absolute atomic E-state index is 14.2. The van der Waals surface area contributed by atoms with Gasteiger partial charge in [-0.1, -0.05) is 36.8 Å². The molecule has 5 rings (SSSR count). The molecule has 2 aromatic carbocycles. The molecule has 3 aromatic rings. The van der Waals surface area contributed by atoms with Crippen molar-refractivity contribution in [2.75, 3.05) is 31.7 Å². The Bertz CT molecular complexity index is 1340. The van der Waals surface area contributed by atoms with Crippen molar-refractivity contribution in [2.24, 2.45) is 0 Å². The highest BCUT2D eigenvalue weighted by molar-refractivity contribution is 6.17. The second-order valence-electron chi connectivity index (χ2n) is 8.62. The third-order valence-electron chi connectivity index (χ3n) is 6.57. The first-order valence-electron chi connectivity index (χ1n) is 11.3. The summed E-state index contributed by atoms with van der Waals surface area (Å²) in [5.41, 5.74) is 0.868. The summed E-state index contributed by atoms with van der Waals surface area (Å²) in [6, 6.07) is 12.7. The van der Waals surface area contributed by atoms with Gasteiger partial charge in [-0.3, -0.25) is 14.4 Å². The Labute approximate surface area is 191 Å². The van der Waals surface area contributed by atoms with Gasteiger partial charge in [0.05, 0.1) is 16.6 Å². The molecule has 2 amide bonds. The minimum absolute atomic E-state index is 0.0460. The number of anilines is 1. The van der Waals surface area contributed by atoms with E-state index in [-0.39, 0.29) is 29.2 Å². The molecule has 33 heavy (non-hydrogen) atoms. The Morgan fingerprint density at radius 3 is 2.61 bits per heavy atom. The Morgan fingerprint density at radius 2 is 1.85 bits per heavy atom. The Balaban J connectivity index is 1.86. The van der Waals surface area contributed by atoms with Gasteiger partial charge in [0.1, 0.15) is 5.58 Å². The van der Waals surface area contributed by atoms with Crippen LogP contribution in [-0.4, -0.2) is 43.5 Å². The summed E-state index contributed by atoms with van der Waals surface area (Å²) in [5.74, 6) is -0.771. The first-order chi connectivity index (χ1) is 16.0. The summed E-state index contributed by atoms with van der Waals surface area (Å²) in [6.07, 6.45) is 1.26. The molecule has 2 aliphatic rings.